The van der Waals surface area contributed by atoms with Crippen LogP contribution in [-0.2, 0) is 12.8 Å². The zero-order valence-corrected chi connectivity index (χ0v) is 11.6. The van der Waals surface area contributed by atoms with E-state index in [1.165, 1.54) is 0 Å². The number of nitrogens with zero attached hydrogens (tertiary/aromatic N) is 2. The Balaban J connectivity index is 2.13. The molecule has 2 N–H and O–H groups in total. The topological polar surface area (TPSA) is 53.1 Å². The van der Waals surface area contributed by atoms with Gasteiger partial charge in [-0.05, 0) is 19.1 Å². The molecule has 2 rings (SSSR count). The van der Waals surface area contributed by atoms with Crippen molar-refractivity contribution in [2.45, 2.75) is 17.7 Å². The Bertz CT molecular complexity index is 551. The average molecular weight is 263 g/mol. The fraction of sp³-hybridized carbons (Fsp3) is 0.308. The third-order valence-electron chi connectivity index (χ3n) is 2.65. The second-order valence-corrected chi connectivity index (χ2v) is 5.10. The van der Waals surface area contributed by atoms with E-state index in [4.69, 9.17) is 10.5 Å². The highest BCUT2D eigenvalue weighted by Gasteiger charge is 2.07. The molecule has 4 nitrogen and oxygen atoms in total. The standard InChI is InChI=1S/C13H17N3OS/c1-9-6-13(16(2)15-9)18-8-10-4-5-11(14)7-12(10)17-3/h4-7H,8,14H2,1-3H3. The van der Waals surface area contributed by atoms with E-state index in [9.17, 15) is 0 Å². The fourth-order valence-corrected chi connectivity index (χ4v) is 2.78. The maximum absolute atomic E-state index is 5.74. The molecule has 0 aliphatic heterocycles. The van der Waals surface area contributed by atoms with E-state index in [1.54, 1.807) is 18.9 Å². The summed E-state index contributed by atoms with van der Waals surface area (Å²) in [5, 5.41) is 5.47. The number of ether oxygens (including phenoxy) is 1. The maximum atomic E-state index is 5.74. The predicted octanol–water partition coefficient (Wildman–Crippen LogP) is 2.61. The molecule has 0 fully saturated rings. The van der Waals surface area contributed by atoms with Gasteiger partial charge in [-0.15, -0.1) is 11.8 Å². The van der Waals surface area contributed by atoms with Gasteiger partial charge in [0.2, 0.25) is 0 Å². The number of aromatic nitrogens is 2. The summed E-state index contributed by atoms with van der Waals surface area (Å²) in [6.07, 6.45) is 0. The minimum Gasteiger partial charge on any atom is -0.496 e. The lowest BCUT2D eigenvalue weighted by Crippen LogP contribution is -1.95. The highest BCUT2D eigenvalue weighted by molar-refractivity contribution is 7.98. The van der Waals surface area contributed by atoms with Gasteiger partial charge < -0.3 is 10.5 Å². The van der Waals surface area contributed by atoms with E-state index in [2.05, 4.69) is 11.2 Å². The normalized spacial score (nSPS) is 10.6. The van der Waals surface area contributed by atoms with E-state index in [-0.39, 0.29) is 0 Å². The number of nitrogens with two attached hydrogens (primary N) is 1. The second-order valence-electron chi connectivity index (χ2n) is 4.11. The van der Waals surface area contributed by atoms with E-state index in [1.807, 2.05) is 36.9 Å². The third kappa shape index (κ3) is 2.79. The van der Waals surface area contributed by atoms with Crippen LogP contribution in [0.1, 0.15) is 11.3 Å². The van der Waals surface area contributed by atoms with Gasteiger partial charge in [0.1, 0.15) is 5.75 Å². The van der Waals surface area contributed by atoms with Gasteiger partial charge in [0.25, 0.3) is 0 Å². The minimum atomic E-state index is 0.719. The largest absolute Gasteiger partial charge is 0.496 e. The average Bonchev–Trinajstić information content (AvgIpc) is 2.66. The van der Waals surface area contributed by atoms with E-state index in [0.29, 0.717) is 0 Å². The molecule has 96 valence electrons. The molecule has 0 aliphatic rings. The highest BCUT2D eigenvalue weighted by Crippen LogP contribution is 2.29. The summed E-state index contributed by atoms with van der Waals surface area (Å²) in [7, 11) is 3.62. The van der Waals surface area contributed by atoms with E-state index >= 15 is 0 Å². The minimum absolute atomic E-state index is 0.719. The summed E-state index contributed by atoms with van der Waals surface area (Å²) in [4.78, 5) is 0. The van der Waals surface area contributed by atoms with Crippen LogP contribution in [0.2, 0.25) is 0 Å². The Morgan fingerprint density at radius 2 is 2.17 bits per heavy atom. The molecule has 5 heteroatoms. The summed E-state index contributed by atoms with van der Waals surface area (Å²) >= 11 is 1.74. The van der Waals surface area contributed by atoms with Crippen LogP contribution in [0.3, 0.4) is 0 Å². The molecule has 18 heavy (non-hydrogen) atoms. The SMILES string of the molecule is COc1cc(N)ccc1CSc1cc(C)nn1C. The maximum Gasteiger partial charge on any atom is 0.124 e. The van der Waals surface area contributed by atoms with Gasteiger partial charge in [0.05, 0.1) is 17.8 Å². The van der Waals surface area contributed by atoms with E-state index < -0.39 is 0 Å². The monoisotopic (exact) mass is 263 g/mol. The molecule has 0 atom stereocenters. The lowest BCUT2D eigenvalue weighted by Gasteiger charge is -2.09. The van der Waals surface area contributed by atoms with Crippen molar-refractivity contribution in [3.05, 3.63) is 35.5 Å². The van der Waals surface area contributed by atoms with Crippen LogP contribution in [0.4, 0.5) is 5.69 Å². The number of rotatable bonds is 4. The summed E-state index contributed by atoms with van der Waals surface area (Å²) in [5.74, 6) is 1.67. The van der Waals surface area contributed by atoms with Gasteiger partial charge in [-0.25, -0.2) is 0 Å². The van der Waals surface area contributed by atoms with Crippen LogP contribution in [0.25, 0.3) is 0 Å². The Morgan fingerprint density at radius 3 is 2.78 bits per heavy atom. The van der Waals surface area contributed by atoms with Gasteiger partial charge in [-0.1, -0.05) is 6.07 Å². The van der Waals surface area contributed by atoms with Crippen LogP contribution in [0.15, 0.2) is 29.3 Å². The summed E-state index contributed by atoms with van der Waals surface area (Å²) < 4.78 is 7.23. The van der Waals surface area contributed by atoms with Crippen molar-refractivity contribution in [2.75, 3.05) is 12.8 Å². The van der Waals surface area contributed by atoms with Gasteiger partial charge in [0.15, 0.2) is 0 Å². The molecule has 0 saturated carbocycles. The molecule has 0 spiro atoms. The first-order valence-electron chi connectivity index (χ1n) is 5.66. The van der Waals surface area contributed by atoms with E-state index in [0.717, 1.165) is 33.5 Å². The molecule has 0 radical (unpaired) electrons. The number of anilines is 1. The van der Waals surface area contributed by atoms with Crippen LogP contribution in [0, 0.1) is 6.92 Å². The Hall–Kier alpha value is -1.62. The first-order chi connectivity index (χ1) is 8.60. The van der Waals surface area contributed by atoms with Gasteiger partial charge in [0, 0.05) is 30.1 Å². The number of nitrogen functional groups attached to an aromatic ring is 1. The van der Waals surface area contributed by atoms with Crippen LogP contribution in [-0.4, -0.2) is 16.9 Å². The smallest absolute Gasteiger partial charge is 0.124 e. The fourth-order valence-electron chi connectivity index (χ4n) is 1.75. The van der Waals surface area contributed by atoms with Crippen molar-refractivity contribution < 1.29 is 4.74 Å². The molecule has 1 heterocycles. The quantitative estimate of drug-likeness (QED) is 0.680. The number of hydrogen-bond acceptors (Lipinski definition) is 4. The Morgan fingerprint density at radius 1 is 1.39 bits per heavy atom. The Kier molecular flexibility index (Phi) is 3.81. The number of hydrogen-bond donors (Lipinski definition) is 1. The van der Waals surface area contributed by atoms with Crippen LogP contribution < -0.4 is 10.5 Å². The zero-order valence-electron chi connectivity index (χ0n) is 10.8. The van der Waals surface area contributed by atoms with Gasteiger partial charge >= 0.3 is 0 Å². The molecule has 0 aliphatic carbocycles. The first kappa shape index (κ1) is 12.8. The Labute approximate surface area is 111 Å². The lowest BCUT2D eigenvalue weighted by atomic mass is 10.2. The van der Waals surface area contributed by atoms with Crippen LogP contribution >= 0.6 is 11.8 Å². The molecular formula is C13H17N3OS. The van der Waals surface area contributed by atoms with Crippen molar-refractivity contribution >= 4 is 17.4 Å². The molecule has 0 saturated heterocycles. The molecule has 1 aromatic heterocycles. The lowest BCUT2D eigenvalue weighted by molar-refractivity contribution is 0.411. The number of thioether (sulfide) groups is 1. The van der Waals surface area contributed by atoms with Crippen molar-refractivity contribution in [1.29, 1.82) is 0 Å². The summed E-state index contributed by atoms with van der Waals surface area (Å²) in [6.45, 7) is 1.99. The molecule has 0 bridgehead atoms. The van der Waals surface area contributed by atoms with Crippen molar-refractivity contribution in [3.8, 4) is 5.75 Å². The summed E-state index contributed by atoms with van der Waals surface area (Å²) in [6, 6.07) is 7.83. The van der Waals surface area contributed by atoms with Gasteiger partial charge in [-0.2, -0.15) is 5.10 Å². The van der Waals surface area contributed by atoms with Crippen molar-refractivity contribution in [3.63, 3.8) is 0 Å². The molecule has 0 amide bonds. The molecule has 2 aromatic rings. The van der Waals surface area contributed by atoms with Crippen molar-refractivity contribution in [2.24, 2.45) is 7.05 Å². The molecule has 1 aromatic carbocycles. The number of benzene rings is 1. The zero-order chi connectivity index (χ0) is 13.1. The first-order valence-corrected chi connectivity index (χ1v) is 6.64. The molecule has 0 unspecified atom stereocenters. The van der Waals surface area contributed by atoms with Crippen LogP contribution in [0.5, 0.6) is 5.75 Å². The summed E-state index contributed by atoms with van der Waals surface area (Å²) in [5.41, 5.74) is 8.62. The predicted molar refractivity (Wildman–Crippen MR) is 74.9 cm³/mol. The molecular weight excluding hydrogens is 246 g/mol. The van der Waals surface area contributed by atoms with Crippen molar-refractivity contribution in [1.82, 2.24) is 9.78 Å². The second kappa shape index (κ2) is 5.35. The highest BCUT2D eigenvalue weighted by atomic mass is 32.2. The number of aryl methyl sites for hydroxylation is 2. The third-order valence-corrected chi connectivity index (χ3v) is 3.78. The number of methoxy groups -OCH3 is 1. The van der Waals surface area contributed by atoms with Gasteiger partial charge in [-0.3, -0.25) is 4.68 Å².